The minimum atomic E-state index is -0.879. The van der Waals surface area contributed by atoms with Gasteiger partial charge in [0.2, 0.25) is 5.91 Å². The predicted octanol–water partition coefficient (Wildman–Crippen LogP) is 2.95. The molecule has 1 aromatic heterocycles. The van der Waals surface area contributed by atoms with E-state index in [1.54, 1.807) is 20.8 Å². The Morgan fingerprint density at radius 1 is 1.11 bits per heavy atom. The Hall–Kier alpha value is -2.86. The van der Waals surface area contributed by atoms with Crippen LogP contribution in [0.5, 0.6) is 0 Å². The van der Waals surface area contributed by atoms with Gasteiger partial charge in [0, 0.05) is 23.6 Å². The molecule has 35 heavy (non-hydrogen) atoms. The van der Waals surface area contributed by atoms with Crippen molar-refractivity contribution in [2.75, 3.05) is 24.3 Å². The number of amides is 4. The van der Waals surface area contributed by atoms with Gasteiger partial charge in [-0.15, -0.1) is 0 Å². The van der Waals surface area contributed by atoms with Gasteiger partial charge in [0.1, 0.15) is 11.6 Å². The van der Waals surface area contributed by atoms with Crippen LogP contribution in [0.3, 0.4) is 0 Å². The Labute approximate surface area is 213 Å². The second-order valence-electron chi connectivity index (χ2n) is 8.63. The number of hydrogen-bond donors (Lipinski definition) is 5. The number of aromatic nitrogens is 1. The second-order valence-corrected chi connectivity index (χ2v) is 10.6. The first-order valence-electron chi connectivity index (χ1n) is 11.1. The zero-order valence-corrected chi connectivity index (χ0v) is 22.0. The van der Waals surface area contributed by atoms with E-state index >= 15 is 0 Å². The smallest absolute Gasteiger partial charge is 0.408 e. The van der Waals surface area contributed by atoms with Gasteiger partial charge < -0.3 is 20.4 Å². The number of nitrogens with one attached hydrogen (secondary N) is 5. The third kappa shape index (κ3) is 10.5. The summed E-state index contributed by atoms with van der Waals surface area (Å²) in [5, 5.41) is 5.82. The van der Waals surface area contributed by atoms with E-state index in [1.807, 2.05) is 36.7 Å². The lowest BCUT2D eigenvalue weighted by molar-refractivity contribution is -0.124. The maximum absolute atomic E-state index is 12.4. The molecule has 1 aromatic carbocycles. The van der Waals surface area contributed by atoms with Crippen molar-refractivity contribution in [3.63, 3.8) is 0 Å². The van der Waals surface area contributed by atoms with E-state index in [0.29, 0.717) is 25.1 Å². The van der Waals surface area contributed by atoms with Gasteiger partial charge in [0.25, 0.3) is 11.1 Å². The van der Waals surface area contributed by atoms with Crippen LogP contribution in [-0.2, 0) is 20.7 Å². The van der Waals surface area contributed by atoms with E-state index in [-0.39, 0.29) is 11.7 Å². The fraction of sp³-hybridized carbons (Fsp3) is 0.478. The third-order valence-electron chi connectivity index (χ3n) is 4.63. The number of carbonyl (C=O) groups excluding carboxylic acids is 4. The van der Waals surface area contributed by atoms with E-state index in [1.165, 1.54) is 11.8 Å². The molecular formula is C23H33N5O5S2. The summed E-state index contributed by atoms with van der Waals surface area (Å²) in [4.78, 5) is 51.8. The molecule has 2 rings (SSSR count). The van der Waals surface area contributed by atoms with Crippen molar-refractivity contribution in [1.82, 2.24) is 26.5 Å². The summed E-state index contributed by atoms with van der Waals surface area (Å²) in [6.45, 7) is 5.60. The Kier molecular flexibility index (Phi) is 11.3. The Balaban J connectivity index is 1.70. The summed E-state index contributed by atoms with van der Waals surface area (Å²) in [5.41, 5.74) is 5.98. The normalized spacial score (nSPS) is 12.0. The van der Waals surface area contributed by atoms with E-state index < -0.39 is 28.9 Å². The molecule has 0 radical (unpaired) electrons. The van der Waals surface area contributed by atoms with Crippen LogP contribution in [0.1, 0.15) is 32.8 Å². The number of hydrogen-bond acceptors (Lipinski definition) is 7. The number of rotatable bonds is 10. The van der Waals surface area contributed by atoms with Crippen LogP contribution in [0, 0.1) is 0 Å². The summed E-state index contributed by atoms with van der Waals surface area (Å²) < 4.78 is 5.19. The number of aromatic amines is 1. The van der Waals surface area contributed by atoms with Gasteiger partial charge in [0.15, 0.2) is 0 Å². The molecule has 1 heterocycles. The lowest BCUT2D eigenvalue weighted by Crippen LogP contribution is -2.52. The van der Waals surface area contributed by atoms with Crippen molar-refractivity contribution in [2.24, 2.45) is 0 Å². The molecule has 4 amide bonds. The maximum Gasteiger partial charge on any atom is 0.408 e. The van der Waals surface area contributed by atoms with Crippen molar-refractivity contribution >= 4 is 57.6 Å². The minimum absolute atomic E-state index is 0.0956. The fourth-order valence-corrected chi connectivity index (χ4v) is 4.01. The van der Waals surface area contributed by atoms with Crippen molar-refractivity contribution in [3.8, 4) is 0 Å². The van der Waals surface area contributed by atoms with E-state index in [9.17, 15) is 19.2 Å². The molecule has 5 N–H and O–H groups in total. The van der Waals surface area contributed by atoms with E-state index in [2.05, 4.69) is 26.5 Å². The zero-order valence-electron chi connectivity index (χ0n) is 20.4. The summed E-state index contributed by atoms with van der Waals surface area (Å²) >= 11 is 2.25. The topological polar surface area (TPSA) is 141 Å². The van der Waals surface area contributed by atoms with Crippen LogP contribution in [0.15, 0.2) is 30.5 Å². The number of para-hydroxylation sites is 1. The summed E-state index contributed by atoms with van der Waals surface area (Å²) in [5.74, 6) is -0.348. The van der Waals surface area contributed by atoms with Crippen LogP contribution in [-0.4, -0.2) is 64.1 Å². The molecule has 10 nitrogen and oxygen atoms in total. The molecule has 0 bridgehead atoms. The first-order valence-corrected chi connectivity index (χ1v) is 13.5. The second kappa shape index (κ2) is 13.9. The summed E-state index contributed by atoms with van der Waals surface area (Å²) in [6.07, 6.45) is 4.10. The van der Waals surface area contributed by atoms with E-state index in [4.69, 9.17) is 4.74 Å². The minimum Gasteiger partial charge on any atom is -0.444 e. The Bertz CT molecular complexity index is 1020. The molecule has 0 fully saturated rings. The number of ether oxygens (including phenoxy) is 1. The quantitative estimate of drug-likeness (QED) is 0.302. The number of thioether (sulfide) groups is 2. The molecule has 0 saturated carbocycles. The molecule has 0 aliphatic heterocycles. The van der Waals surface area contributed by atoms with Gasteiger partial charge >= 0.3 is 6.09 Å². The first kappa shape index (κ1) is 28.4. The van der Waals surface area contributed by atoms with Gasteiger partial charge in [-0.05, 0) is 57.3 Å². The van der Waals surface area contributed by atoms with Crippen LogP contribution in [0.4, 0.5) is 9.59 Å². The molecule has 2 aromatic rings. The first-order chi connectivity index (χ1) is 16.6. The van der Waals surface area contributed by atoms with Crippen LogP contribution in [0.2, 0.25) is 0 Å². The maximum atomic E-state index is 12.4. The average Bonchev–Trinajstić information content (AvgIpc) is 3.20. The third-order valence-corrected chi connectivity index (χ3v) is 6.05. The Morgan fingerprint density at radius 3 is 2.57 bits per heavy atom. The molecule has 0 aliphatic rings. The van der Waals surface area contributed by atoms with Crippen LogP contribution >= 0.6 is 23.5 Å². The highest BCUT2D eigenvalue weighted by atomic mass is 32.2. The number of hydrazine groups is 1. The summed E-state index contributed by atoms with van der Waals surface area (Å²) in [7, 11) is 0. The molecular weight excluding hydrogens is 490 g/mol. The largest absolute Gasteiger partial charge is 0.444 e. The lowest BCUT2D eigenvalue weighted by Gasteiger charge is -2.23. The molecule has 0 aliphatic carbocycles. The van der Waals surface area contributed by atoms with Gasteiger partial charge in [-0.3, -0.25) is 25.2 Å². The highest BCUT2D eigenvalue weighted by Crippen LogP contribution is 2.17. The van der Waals surface area contributed by atoms with Crippen molar-refractivity contribution in [1.29, 1.82) is 0 Å². The highest BCUT2D eigenvalue weighted by Gasteiger charge is 2.24. The lowest BCUT2D eigenvalue weighted by atomic mass is 10.1. The zero-order chi connectivity index (χ0) is 25.8. The van der Waals surface area contributed by atoms with Crippen molar-refractivity contribution < 1.29 is 23.9 Å². The van der Waals surface area contributed by atoms with Gasteiger partial charge in [0.05, 0.1) is 5.75 Å². The van der Waals surface area contributed by atoms with Gasteiger partial charge in [-0.2, -0.15) is 11.8 Å². The number of carbonyl (C=O) groups is 4. The van der Waals surface area contributed by atoms with Gasteiger partial charge in [-0.25, -0.2) is 4.79 Å². The number of H-pyrrole nitrogens is 1. The molecule has 192 valence electrons. The molecule has 0 saturated heterocycles. The summed E-state index contributed by atoms with van der Waals surface area (Å²) in [6, 6.07) is 7.05. The molecule has 0 unspecified atom stereocenters. The monoisotopic (exact) mass is 523 g/mol. The number of alkyl carbamates (subject to hydrolysis) is 1. The predicted molar refractivity (Wildman–Crippen MR) is 140 cm³/mol. The highest BCUT2D eigenvalue weighted by molar-refractivity contribution is 8.14. The molecule has 0 spiro atoms. The van der Waals surface area contributed by atoms with Crippen LogP contribution in [0.25, 0.3) is 10.9 Å². The van der Waals surface area contributed by atoms with Gasteiger partial charge in [-0.1, -0.05) is 30.0 Å². The average molecular weight is 524 g/mol. The van der Waals surface area contributed by atoms with Crippen molar-refractivity contribution in [3.05, 3.63) is 36.0 Å². The molecule has 12 heteroatoms. The number of benzene rings is 1. The standard InChI is InChI=1S/C23H33N5O5S2/c1-23(2,3)33-21(31)26-18(10-12-34-4)20(30)27-28-22(32)35-14-19(29)24-11-9-15-13-25-17-8-6-5-7-16(15)17/h5-8,13,18,25H,9-12,14H2,1-4H3,(H,24,29)(H,26,31)(H,27,30)(H,28,32)/t18-/m0/s1. The molecule has 1 atom stereocenters. The fourth-order valence-electron chi connectivity index (χ4n) is 3.05. The SMILES string of the molecule is CSCC[C@H](NC(=O)OC(C)(C)C)C(=O)NNC(=O)SCC(=O)NCCc1c[nH]c2ccccc12. The Morgan fingerprint density at radius 2 is 1.86 bits per heavy atom. The van der Waals surface area contributed by atoms with E-state index in [0.717, 1.165) is 28.2 Å². The number of fused-ring (bicyclic) bond motifs is 1. The van der Waals surface area contributed by atoms with Crippen molar-refractivity contribution in [2.45, 2.75) is 45.3 Å². The van der Waals surface area contributed by atoms with Crippen LogP contribution < -0.4 is 21.5 Å².